The van der Waals surface area contributed by atoms with Crippen LogP contribution < -0.4 is 10.2 Å². The topological polar surface area (TPSA) is 96.6 Å². The molecule has 227 valence electrons. The predicted octanol–water partition coefficient (Wildman–Crippen LogP) is 8.85. The van der Waals surface area contributed by atoms with Crippen LogP contribution in [0.3, 0.4) is 0 Å². The van der Waals surface area contributed by atoms with Gasteiger partial charge in [-0.05, 0) is 83.9 Å². The number of aliphatic imine (C=N–C) groups is 2. The van der Waals surface area contributed by atoms with Gasteiger partial charge in [-0.2, -0.15) is 0 Å². The van der Waals surface area contributed by atoms with Gasteiger partial charge < -0.3 is 10.2 Å². The third-order valence-electron chi connectivity index (χ3n) is 5.84. The molecule has 6 rings (SSSR count). The monoisotopic (exact) mass is 721 g/mol. The molecule has 0 N–H and O–H groups in total. The van der Waals surface area contributed by atoms with Crippen molar-refractivity contribution >= 4 is 68.6 Å². The summed E-state index contributed by atoms with van der Waals surface area (Å²) in [6.07, 6.45) is 2.89. The second kappa shape index (κ2) is 15.8. The van der Waals surface area contributed by atoms with E-state index in [-0.39, 0.29) is 39.9 Å². The molecule has 0 bridgehead atoms. The number of halogens is 4. The van der Waals surface area contributed by atoms with E-state index in [0.29, 0.717) is 42.8 Å². The fourth-order valence-electron chi connectivity index (χ4n) is 3.64. The number of benzene rings is 4. The molecule has 4 aromatic carbocycles. The largest absolute Gasteiger partial charge is 2.00 e. The quantitative estimate of drug-likeness (QED) is 0.161. The molecular formula is C32H18Cl2CoF2N4O2S2. The summed E-state index contributed by atoms with van der Waals surface area (Å²) in [6, 6.07) is 21.1. The second-order valence-electron chi connectivity index (χ2n) is 8.93. The van der Waals surface area contributed by atoms with Crippen LogP contribution in [0.5, 0.6) is 11.5 Å². The van der Waals surface area contributed by atoms with Crippen molar-refractivity contribution < 1.29 is 35.8 Å². The van der Waals surface area contributed by atoms with Crippen molar-refractivity contribution in [3.63, 3.8) is 0 Å². The molecule has 0 fully saturated rings. The standard InChI is InChI=1S/2C16H10ClFN2OS.Co/c2*17-12-3-6-15(21)11(7-12)8-19-16-20-14(9-22-16)10-1-4-13(18)5-2-10;/h2*1-9,21H;/q;;+2/p-2/b2*19-8+;. The van der Waals surface area contributed by atoms with E-state index in [0.717, 1.165) is 11.1 Å². The van der Waals surface area contributed by atoms with Crippen molar-refractivity contribution in [2.24, 2.45) is 9.98 Å². The van der Waals surface area contributed by atoms with Gasteiger partial charge >= 0.3 is 16.8 Å². The molecule has 13 heteroatoms. The summed E-state index contributed by atoms with van der Waals surface area (Å²) in [5, 5.41) is 28.9. The van der Waals surface area contributed by atoms with E-state index >= 15 is 0 Å². The van der Waals surface area contributed by atoms with Gasteiger partial charge in [0, 0.05) is 44.4 Å². The van der Waals surface area contributed by atoms with Gasteiger partial charge in [0.15, 0.2) is 0 Å². The minimum Gasteiger partial charge on any atom is -0.872 e. The predicted molar refractivity (Wildman–Crippen MR) is 171 cm³/mol. The van der Waals surface area contributed by atoms with Crippen LogP contribution in [-0.2, 0) is 16.8 Å². The summed E-state index contributed by atoms with van der Waals surface area (Å²) in [5.41, 5.74) is 3.87. The SMILES string of the molecule is [Co+2].[O-]c1ccc(Cl)cc1/C=N/c1nc(-c2ccc(F)cc2)cs1.[O-]c1ccc(Cl)cc1/C=N/c1nc(-c2ccc(F)cc2)cs1. The number of rotatable bonds is 6. The molecule has 6 nitrogen and oxygen atoms in total. The third kappa shape index (κ3) is 9.51. The van der Waals surface area contributed by atoms with Crippen LogP contribution in [0, 0.1) is 11.6 Å². The van der Waals surface area contributed by atoms with Crippen molar-refractivity contribution in [3.05, 3.63) is 128 Å². The van der Waals surface area contributed by atoms with E-state index in [1.54, 1.807) is 36.4 Å². The summed E-state index contributed by atoms with van der Waals surface area (Å²) in [4.78, 5) is 17.1. The Labute approximate surface area is 285 Å². The molecule has 0 aliphatic carbocycles. The normalized spacial score (nSPS) is 10.9. The number of aromatic nitrogens is 2. The zero-order valence-electron chi connectivity index (χ0n) is 22.7. The molecule has 0 amide bonds. The van der Waals surface area contributed by atoms with Crippen LogP contribution in [0.4, 0.5) is 19.0 Å². The molecule has 0 atom stereocenters. The maximum atomic E-state index is 12.9. The number of nitrogens with zero attached hydrogens (tertiary/aromatic N) is 4. The average molecular weight is 722 g/mol. The van der Waals surface area contributed by atoms with Crippen molar-refractivity contribution in [1.82, 2.24) is 9.97 Å². The summed E-state index contributed by atoms with van der Waals surface area (Å²) in [5.74, 6) is -0.880. The Bertz CT molecular complexity index is 1810. The summed E-state index contributed by atoms with van der Waals surface area (Å²) < 4.78 is 25.8. The molecule has 0 spiro atoms. The van der Waals surface area contributed by atoms with Crippen LogP contribution in [0.25, 0.3) is 22.5 Å². The van der Waals surface area contributed by atoms with Gasteiger partial charge in [0.2, 0.25) is 10.3 Å². The Kier molecular flexibility index (Phi) is 11.9. The van der Waals surface area contributed by atoms with E-state index in [1.165, 1.54) is 83.6 Å². The maximum Gasteiger partial charge on any atom is 2.00 e. The number of hydrogen-bond acceptors (Lipinski definition) is 8. The summed E-state index contributed by atoms with van der Waals surface area (Å²) in [6.45, 7) is 0. The van der Waals surface area contributed by atoms with E-state index in [2.05, 4.69) is 20.0 Å². The van der Waals surface area contributed by atoms with Crippen molar-refractivity contribution in [1.29, 1.82) is 0 Å². The van der Waals surface area contributed by atoms with Crippen LogP contribution >= 0.6 is 45.9 Å². The Morgan fingerprint density at radius 1 is 0.600 bits per heavy atom. The molecule has 2 aromatic heterocycles. The average Bonchev–Trinajstić information content (AvgIpc) is 3.70. The summed E-state index contributed by atoms with van der Waals surface area (Å²) in [7, 11) is 0. The fourth-order valence-corrected chi connectivity index (χ4v) is 5.35. The first kappa shape index (κ1) is 33.9. The fraction of sp³-hybridized carbons (Fsp3) is 0. The van der Waals surface area contributed by atoms with E-state index in [9.17, 15) is 19.0 Å². The molecule has 6 aromatic rings. The molecular weight excluding hydrogens is 704 g/mol. The summed E-state index contributed by atoms with van der Waals surface area (Å²) >= 11 is 14.4. The zero-order chi connectivity index (χ0) is 31.1. The van der Waals surface area contributed by atoms with E-state index in [4.69, 9.17) is 23.2 Å². The molecule has 0 aliphatic rings. The molecule has 1 radical (unpaired) electrons. The molecule has 0 aliphatic heterocycles. The van der Waals surface area contributed by atoms with Crippen LogP contribution in [0.15, 0.2) is 106 Å². The van der Waals surface area contributed by atoms with Gasteiger partial charge in [0.05, 0.1) is 11.4 Å². The maximum absolute atomic E-state index is 12.9. The minimum atomic E-state index is -0.291. The Balaban J connectivity index is 0.000000200. The third-order valence-corrected chi connectivity index (χ3v) is 7.80. The molecule has 2 heterocycles. The van der Waals surface area contributed by atoms with E-state index in [1.807, 2.05) is 10.8 Å². The first-order valence-electron chi connectivity index (χ1n) is 12.7. The molecule has 45 heavy (non-hydrogen) atoms. The number of thiazole rings is 2. The Hall–Kier alpha value is -3.97. The van der Waals surface area contributed by atoms with Gasteiger partial charge in [0.1, 0.15) is 11.6 Å². The van der Waals surface area contributed by atoms with Crippen LogP contribution in [0.2, 0.25) is 10.0 Å². The first-order valence-corrected chi connectivity index (χ1v) is 15.2. The smallest absolute Gasteiger partial charge is 0.872 e. The van der Waals surface area contributed by atoms with Crippen molar-refractivity contribution in [3.8, 4) is 34.0 Å². The molecule has 0 unspecified atom stereocenters. The first-order chi connectivity index (χ1) is 21.2. The van der Waals surface area contributed by atoms with Crippen LogP contribution in [-0.4, -0.2) is 22.4 Å². The molecule has 0 saturated carbocycles. The second-order valence-corrected chi connectivity index (χ2v) is 11.5. The van der Waals surface area contributed by atoms with Gasteiger partial charge in [-0.25, -0.2) is 28.7 Å². The number of hydrogen-bond donors (Lipinski definition) is 0. The van der Waals surface area contributed by atoms with Crippen LogP contribution in [0.1, 0.15) is 11.1 Å². The van der Waals surface area contributed by atoms with Crippen molar-refractivity contribution in [2.45, 2.75) is 0 Å². The van der Waals surface area contributed by atoms with Gasteiger partial charge in [-0.3, -0.25) is 0 Å². The minimum absolute atomic E-state index is 0. The molecule has 0 saturated heterocycles. The van der Waals surface area contributed by atoms with Gasteiger partial charge in [-0.15, -0.1) is 22.7 Å². The Morgan fingerprint density at radius 2 is 0.978 bits per heavy atom. The van der Waals surface area contributed by atoms with E-state index < -0.39 is 0 Å². The van der Waals surface area contributed by atoms with Gasteiger partial charge in [0.25, 0.3) is 0 Å². The van der Waals surface area contributed by atoms with Crippen molar-refractivity contribution in [2.75, 3.05) is 0 Å². The van der Waals surface area contributed by atoms with Gasteiger partial charge in [-0.1, -0.05) is 46.8 Å². The zero-order valence-corrected chi connectivity index (χ0v) is 26.8. The Morgan fingerprint density at radius 3 is 1.36 bits per heavy atom.